The summed E-state index contributed by atoms with van der Waals surface area (Å²) in [5, 5.41) is 11.8. The van der Waals surface area contributed by atoms with Gasteiger partial charge >= 0.3 is 11.8 Å². The first kappa shape index (κ1) is 29.2. The Morgan fingerprint density at radius 3 is 2.21 bits per heavy atom. The van der Waals surface area contributed by atoms with Crippen molar-refractivity contribution in [3.05, 3.63) is 99.7 Å². The Morgan fingerprint density at radius 1 is 0.952 bits per heavy atom. The number of carbonyl (C=O) groups excluding carboxylic acids is 3. The quantitative estimate of drug-likeness (QED) is 0.119. The third-order valence-electron chi connectivity index (χ3n) is 7.96. The van der Waals surface area contributed by atoms with E-state index in [1.165, 1.54) is 0 Å². The number of para-hydroxylation sites is 1. The number of phenolic OH excluding ortho intramolecular Hbond substituents is 1. The lowest BCUT2D eigenvalue weighted by Gasteiger charge is -2.28. The monoisotopic (exact) mass is 564 g/mol. The number of nitrogens with zero attached hydrogens (tertiary/aromatic N) is 1. The number of aromatic nitrogens is 1. The van der Waals surface area contributed by atoms with Gasteiger partial charge in [0.2, 0.25) is 0 Å². The van der Waals surface area contributed by atoms with Crippen molar-refractivity contribution >= 4 is 28.4 Å². The number of phenols is 1. The number of aryl methyl sites for hydroxylation is 2. The zero-order valence-electron chi connectivity index (χ0n) is 25.3. The Labute approximate surface area is 246 Å². The van der Waals surface area contributed by atoms with Crippen LogP contribution in [0.4, 0.5) is 0 Å². The van der Waals surface area contributed by atoms with E-state index in [1.807, 2.05) is 43.3 Å². The van der Waals surface area contributed by atoms with Crippen molar-refractivity contribution in [2.75, 3.05) is 0 Å². The lowest BCUT2D eigenvalue weighted by molar-refractivity contribution is -0.134. The molecule has 1 aromatic heterocycles. The molecule has 3 aromatic carbocycles. The molecule has 1 atom stereocenters. The van der Waals surface area contributed by atoms with Crippen LogP contribution in [0.5, 0.6) is 11.5 Å². The van der Waals surface area contributed by atoms with Crippen LogP contribution in [0.1, 0.15) is 97.8 Å². The van der Waals surface area contributed by atoms with Gasteiger partial charge in [-0.25, -0.2) is 4.98 Å². The molecule has 0 aliphatic heterocycles. The second-order valence-electron chi connectivity index (χ2n) is 13.3. The van der Waals surface area contributed by atoms with Gasteiger partial charge < -0.3 is 9.84 Å². The van der Waals surface area contributed by atoms with Crippen LogP contribution in [0.2, 0.25) is 0 Å². The summed E-state index contributed by atoms with van der Waals surface area (Å²) in [7, 11) is 0. The topological polar surface area (TPSA) is 97.9 Å². The first-order valence-corrected chi connectivity index (χ1v) is 14.3. The van der Waals surface area contributed by atoms with Crippen molar-refractivity contribution < 1.29 is 24.2 Å². The minimum Gasteiger partial charge on any atom is -0.507 e. The molecule has 0 saturated carbocycles. The van der Waals surface area contributed by atoms with E-state index < -0.39 is 11.9 Å². The van der Waals surface area contributed by atoms with Gasteiger partial charge in [0.15, 0.2) is 17.5 Å². The highest BCUT2D eigenvalue weighted by atomic mass is 16.5. The third-order valence-corrected chi connectivity index (χ3v) is 7.96. The van der Waals surface area contributed by atoms with Crippen molar-refractivity contribution in [1.29, 1.82) is 0 Å². The highest BCUT2D eigenvalue weighted by molar-refractivity contribution is 6.30. The number of ether oxygens (including phenoxy) is 1. The predicted octanol–water partition coefficient (Wildman–Crippen LogP) is 7.26. The molecule has 216 valence electrons. The van der Waals surface area contributed by atoms with Gasteiger partial charge in [-0.3, -0.25) is 14.4 Å². The van der Waals surface area contributed by atoms with E-state index in [0.29, 0.717) is 40.3 Å². The lowest BCUT2D eigenvalue weighted by atomic mass is 9.78. The van der Waals surface area contributed by atoms with Gasteiger partial charge in [0.25, 0.3) is 0 Å². The third kappa shape index (κ3) is 5.34. The molecule has 1 aliphatic carbocycles. The average Bonchev–Trinajstić information content (AvgIpc) is 3.17. The first-order chi connectivity index (χ1) is 19.7. The maximum absolute atomic E-state index is 13.3. The van der Waals surface area contributed by atoms with Crippen LogP contribution < -0.4 is 4.74 Å². The van der Waals surface area contributed by atoms with Gasteiger partial charge in [-0.1, -0.05) is 84.0 Å². The second-order valence-corrected chi connectivity index (χ2v) is 13.3. The molecule has 6 heteroatoms. The Hall–Kier alpha value is -4.32. The number of hydrogen-bond donors (Lipinski definition) is 1. The molecular formula is C36H38NO5+. The van der Waals surface area contributed by atoms with E-state index in [2.05, 4.69) is 41.5 Å². The molecule has 0 saturated heterocycles. The van der Waals surface area contributed by atoms with Gasteiger partial charge in [0, 0.05) is 17.4 Å². The number of esters is 1. The van der Waals surface area contributed by atoms with Crippen LogP contribution in [0, 0.1) is 6.92 Å². The van der Waals surface area contributed by atoms with Gasteiger partial charge in [-0.15, -0.1) is 0 Å². The fourth-order valence-electron chi connectivity index (χ4n) is 5.69. The Balaban J connectivity index is 1.40. The number of pyridine rings is 1. The molecule has 6 nitrogen and oxygen atoms in total. The molecule has 0 spiro atoms. The van der Waals surface area contributed by atoms with Crippen molar-refractivity contribution in [3.63, 3.8) is 0 Å². The summed E-state index contributed by atoms with van der Waals surface area (Å²) < 4.78 is 5.82. The molecule has 1 aliphatic rings. The number of ketones is 2. The number of Topliss-reactive ketones (excluding diaryl/α,β-unsaturated/α-hetero) is 1. The zero-order valence-corrected chi connectivity index (χ0v) is 25.3. The van der Waals surface area contributed by atoms with E-state index in [9.17, 15) is 19.5 Å². The summed E-state index contributed by atoms with van der Waals surface area (Å²) in [5.41, 5.74) is 4.83. The number of aromatic hydroxyl groups is 1. The highest BCUT2D eigenvalue weighted by Crippen LogP contribution is 2.40. The highest BCUT2D eigenvalue weighted by Gasteiger charge is 2.46. The summed E-state index contributed by atoms with van der Waals surface area (Å²) in [6, 6.07) is 18.3. The fraction of sp³-hybridized carbons (Fsp3) is 0.333. The van der Waals surface area contributed by atoms with Crippen molar-refractivity contribution in [2.24, 2.45) is 0 Å². The summed E-state index contributed by atoms with van der Waals surface area (Å²) in [4.78, 5) is 42.1. The molecule has 0 radical (unpaired) electrons. The SMILES string of the molecule is Cc1cccc2c1C(=O)C(c1ccc3cccc(OC(=O)CCc4cc(C(C)(C)C)c(O)c(C(C)(C)C)c4)c3n1)C2=[OH+]. The Bertz CT molecular complexity index is 1720. The van der Waals surface area contributed by atoms with Crippen molar-refractivity contribution in [1.82, 2.24) is 4.98 Å². The molecule has 5 rings (SSSR count). The Morgan fingerprint density at radius 2 is 1.60 bits per heavy atom. The maximum atomic E-state index is 13.3. The molecule has 2 N–H and O–H groups in total. The normalized spacial score (nSPS) is 15.3. The van der Waals surface area contributed by atoms with Crippen molar-refractivity contribution in [3.8, 4) is 11.5 Å². The molecule has 0 fully saturated rings. The van der Waals surface area contributed by atoms with Gasteiger partial charge in [-0.2, -0.15) is 0 Å². The minimum atomic E-state index is -0.905. The molecule has 4 aromatic rings. The zero-order chi connectivity index (χ0) is 30.6. The number of rotatable bonds is 5. The van der Waals surface area contributed by atoms with E-state index in [4.69, 9.17) is 9.72 Å². The molecule has 0 bridgehead atoms. The molecule has 1 heterocycles. The van der Waals surface area contributed by atoms with E-state index in [0.717, 1.165) is 27.6 Å². The summed E-state index contributed by atoms with van der Waals surface area (Å²) in [6.45, 7) is 14.2. The summed E-state index contributed by atoms with van der Waals surface area (Å²) >= 11 is 0. The molecule has 0 amide bonds. The van der Waals surface area contributed by atoms with E-state index in [-0.39, 0.29) is 28.8 Å². The van der Waals surface area contributed by atoms with Crippen LogP contribution in [-0.2, 0) is 22.0 Å². The predicted molar refractivity (Wildman–Crippen MR) is 166 cm³/mol. The fourth-order valence-corrected chi connectivity index (χ4v) is 5.69. The van der Waals surface area contributed by atoms with Crippen LogP contribution in [0.25, 0.3) is 10.9 Å². The lowest BCUT2D eigenvalue weighted by Crippen LogP contribution is -2.18. The van der Waals surface area contributed by atoms with Crippen LogP contribution >= 0.6 is 0 Å². The van der Waals surface area contributed by atoms with Crippen LogP contribution in [-0.4, -0.2) is 32.4 Å². The van der Waals surface area contributed by atoms with Gasteiger partial charge in [0.05, 0.1) is 11.3 Å². The molecular weight excluding hydrogens is 526 g/mol. The number of benzene rings is 3. The van der Waals surface area contributed by atoms with Crippen LogP contribution in [0.15, 0.2) is 60.7 Å². The molecule has 1 unspecified atom stereocenters. The molecule has 42 heavy (non-hydrogen) atoms. The van der Waals surface area contributed by atoms with Crippen LogP contribution in [0.3, 0.4) is 0 Å². The van der Waals surface area contributed by atoms with Gasteiger partial charge in [-0.05, 0) is 64.6 Å². The summed E-state index contributed by atoms with van der Waals surface area (Å²) in [6.07, 6.45) is 0.587. The van der Waals surface area contributed by atoms with Crippen molar-refractivity contribution in [2.45, 2.75) is 78.1 Å². The van der Waals surface area contributed by atoms with E-state index >= 15 is 0 Å². The Kier molecular flexibility index (Phi) is 7.30. The maximum Gasteiger partial charge on any atom is 0.341 e. The number of carbonyl (C=O) groups is 2. The number of fused-ring (bicyclic) bond motifs is 2. The van der Waals surface area contributed by atoms with E-state index in [1.54, 1.807) is 24.3 Å². The average molecular weight is 565 g/mol. The standard InChI is InChI=1S/C36H37NO5/c1-20-10-8-12-23-29(20)34(41)30(32(23)39)26-16-15-22-11-9-13-27(31(22)37-26)42-28(38)17-14-21-18-24(35(2,3)4)33(40)25(19-21)36(5,6)7/h8-13,15-16,18-19,30,40H,14,17H2,1-7H3/p+1. The minimum absolute atomic E-state index is 0.0156. The second kappa shape index (κ2) is 10.5. The first-order valence-electron chi connectivity index (χ1n) is 14.3. The smallest absolute Gasteiger partial charge is 0.341 e. The largest absolute Gasteiger partial charge is 0.507 e. The number of hydrogen-bond acceptors (Lipinski definition) is 5. The summed E-state index contributed by atoms with van der Waals surface area (Å²) in [5.74, 6) is -0.918. The van der Waals surface area contributed by atoms with Gasteiger partial charge in [0.1, 0.15) is 11.3 Å².